The van der Waals surface area contributed by atoms with Crippen LogP contribution in [0.25, 0.3) is 0 Å². The molecular formula is C16H21N3S. The van der Waals surface area contributed by atoms with Crippen molar-refractivity contribution < 1.29 is 0 Å². The van der Waals surface area contributed by atoms with Gasteiger partial charge in [-0.25, -0.2) is 4.98 Å². The van der Waals surface area contributed by atoms with E-state index in [-0.39, 0.29) is 0 Å². The number of aryl methyl sites for hydroxylation is 1. The number of nitrogens with zero attached hydrogens (tertiary/aromatic N) is 2. The number of benzene rings is 1. The van der Waals surface area contributed by atoms with E-state index in [2.05, 4.69) is 46.4 Å². The van der Waals surface area contributed by atoms with Crippen LogP contribution in [0.15, 0.2) is 30.5 Å². The van der Waals surface area contributed by atoms with Crippen molar-refractivity contribution in [2.45, 2.75) is 32.9 Å². The Bertz CT molecular complexity index is 558. The minimum atomic E-state index is 0.864. The summed E-state index contributed by atoms with van der Waals surface area (Å²) in [4.78, 5) is 8.13. The zero-order chi connectivity index (χ0) is 13.8. The molecule has 2 heterocycles. The first-order valence-electron chi connectivity index (χ1n) is 7.27. The lowest BCUT2D eigenvalue weighted by atomic mass is 10.1. The van der Waals surface area contributed by atoms with Gasteiger partial charge in [-0.15, -0.1) is 11.3 Å². The maximum Gasteiger partial charge on any atom is 0.0897 e. The molecule has 20 heavy (non-hydrogen) atoms. The van der Waals surface area contributed by atoms with E-state index in [1.807, 2.05) is 6.20 Å². The second-order valence-corrected chi connectivity index (χ2v) is 6.66. The van der Waals surface area contributed by atoms with E-state index < -0.39 is 0 Å². The second-order valence-electron chi connectivity index (χ2n) is 5.34. The summed E-state index contributed by atoms with van der Waals surface area (Å²) in [6.45, 7) is 6.45. The first kappa shape index (κ1) is 13.6. The highest BCUT2D eigenvalue weighted by Gasteiger charge is 2.13. The molecule has 1 aromatic carbocycles. The van der Waals surface area contributed by atoms with Crippen molar-refractivity contribution in [2.75, 3.05) is 18.4 Å². The van der Waals surface area contributed by atoms with Gasteiger partial charge in [-0.1, -0.05) is 18.2 Å². The Balaban J connectivity index is 1.65. The normalized spacial score (nSPS) is 15.7. The van der Waals surface area contributed by atoms with Gasteiger partial charge >= 0.3 is 0 Å². The molecule has 0 bridgehead atoms. The molecule has 1 fully saturated rings. The average molecular weight is 287 g/mol. The van der Waals surface area contributed by atoms with E-state index in [1.54, 1.807) is 11.3 Å². The predicted octanol–water partition coefficient (Wildman–Crippen LogP) is 3.66. The van der Waals surface area contributed by atoms with Crippen LogP contribution in [-0.4, -0.2) is 23.0 Å². The highest BCUT2D eigenvalue weighted by Crippen LogP contribution is 2.21. The van der Waals surface area contributed by atoms with Crippen LogP contribution in [0, 0.1) is 6.92 Å². The molecule has 1 aromatic heterocycles. The molecule has 1 N–H and O–H groups in total. The smallest absolute Gasteiger partial charge is 0.0897 e. The van der Waals surface area contributed by atoms with Gasteiger partial charge in [0, 0.05) is 23.3 Å². The number of hydrogen-bond acceptors (Lipinski definition) is 4. The third kappa shape index (κ3) is 3.38. The summed E-state index contributed by atoms with van der Waals surface area (Å²) >= 11 is 1.76. The summed E-state index contributed by atoms with van der Waals surface area (Å²) in [7, 11) is 0. The van der Waals surface area contributed by atoms with E-state index in [9.17, 15) is 0 Å². The van der Waals surface area contributed by atoms with Gasteiger partial charge in [0.05, 0.1) is 11.6 Å². The van der Waals surface area contributed by atoms with E-state index in [0.717, 1.165) is 18.1 Å². The van der Waals surface area contributed by atoms with Crippen LogP contribution in [0.5, 0.6) is 0 Å². The zero-order valence-corrected chi connectivity index (χ0v) is 12.7. The lowest BCUT2D eigenvalue weighted by Gasteiger charge is -2.18. The highest BCUT2D eigenvalue weighted by atomic mass is 32.1. The number of para-hydroxylation sites is 1. The fraction of sp³-hybridized carbons (Fsp3) is 0.438. The molecule has 0 radical (unpaired) electrons. The number of likely N-dealkylation sites (tertiary alicyclic amines) is 1. The van der Waals surface area contributed by atoms with Gasteiger partial charge in [0.15, 0.2) is 0 Å². The van der Waals surface area contributed by atoms with Crippen LogP contribution in [0.1, 0.15) is 28.3 Å². The van der Waals surface area contributed by atoms with Crippen LogP contribution in [0.2, 0.25) is 0 Å². The fourth-order valence-corrected chi connectivity index (χ4v) is 3.42. The average Bonchev–Trinajstić information content (AvgIpc) is 3.10. The highest BCUT2D eigenvalue weighted by molar-refractivity contribution is 7.11. The van der Waals surface area contributed by atoms with Gasteiger partial charge in [-0.2, -0.15) is 0 Å². The molecule has 0 saturated carbocycles. The first-order valence-corrected chi connectivity index (χ1v) is 8.08. The maximum atomic E-state index is 4.30. The molecule has 0 spiro atoms. The molecule has 2 aromatic rings. The van der Waals surface area contributed by atoms with Crippen LogP contribution in [0.3, 0.4) is 0 Å². The third-order valence-corrected chi connectivity index (χ3v) is 4.64. The Morgan fingerprint density at radius 1 is 1.25 bits per heavy atom. The first-order chi connectivity index (χ1) is 9.81. The molecular weight excluding hydrogens is 266 g/mol. The standard InChI is InChI=1S/C16H21N3S/c1-13-17-10-15(20-13)11-18-16-7-3-2-6-14(16)12-19-8-4-5-9-19/h2-3,6-7,10,18H,4-5,8-9,11-12H2,1H3. The number of anilines is 1. The minimum Gasteiger partial charge on any atom is -0.380 e. The number of nitrogens with one attached hydrogen (secondary N) is 1. The van der Waals surface area contributed by atoms with Gasteiger partial charge in [-0.05, 0) is 44.5 Å². The molecule has 1 saturated heterocycles. The van der Waals surface area contributed by atoms with Crippen molar-refractivity contribution in [1.82, 2.24) is 9.88 Å². The molecule has 1 aliphatic rings. The molecule has 0 aliphatic carbocycles. The Morgan fingerprint density at radius 3 is 2.80 bits per heavy atom. The summed E-state index contributed by atoms with van der Waals surface area (Å²) in [5.41, 5.74) is 2.65. The van der Waals surface area contributed by atoms with Gasteiger partial charge in [0.25, 0.3) is 0 Å². The SMILES string of the molecule is Cc1ncc(CNc2ccccc2CN2CCCC2)s1. The summed E-state index contributed by atoms with van der Waals surface area (Å²) in [6, 6.07) is 8.65. The molecule has 3 nitrogen and oxygen atoms in total. The third-order valence-electron chi connectivity index (χ3n) is 3.73. The largest absolute Gasteiger partial charge is 0.380 e. The van der Waals surface area contributed by atoms with Crippen molar-refractivity contribution in [3.8, 4) is 0 Å². The van der Waals surface area contributed by atoms with Crippen LogP contribution >= 0.6 is 11.3 Å². The van der Waals surface area contributed by atoms with Crippen LogP contribution < -0.4 is 5.32 Å². The number of rotatable bonds is 5. The van der Waals surface area contributed by atoms with Crippen LogP contribution in [-0.2, 0) is 13.1 Å². The molecule has 0 unspecified atom stereocenters. The van der Waals surface area contributed by atoms with Crippen LogP contribution in [0.4, 0.5) is 5.69 Å². The predicted molar refractivity (Wildman–Crippen MR) is 85.1 cm³/mol. The summed E-state index contributed by atoms with van der Waals surface area (Å²) in [5.74, 6) is 0. The van der Waals surface area contributed by atoms with E-state index in [1.165, 1.54) is 42.1 Å². The van der Waals surface area contributed by atoms with Gasteiger partial charge < -0.3 is 5.32 Å². The van der Waals surface area contributed by atoms with E-state index in [4.69, 9.17) is 0 Å². The number of aromatic nitrogens is 1. The Hall–Kier alpha value is -1.39. The Kier molecular flexibility index (Phi) is 4.33. The van der Waals surface area contributed by atoms with Gasteiger partial charge in [-0.3, -0.25) is 4.90 Å². The molecule has 4 heteroatoms. The molecule has 0 atom stereocenters. The van der Waals surface area contributed by atoms with Crippen molar-refractivity contribution >= 4 is 17.0 Å². The quantitative estimate of drug-likeness (QED) is 0.909. The van der Waals surface area contributed by atoms with Crippen molar-refractivity contribution in [1.29, 1.82) is 0 Å². The van der Waals surface area contributed by atoms with Crippen molar-refractivity contribution in [3.05, 3.63) is 45.9 Å². The maximum absolute atomic E-state index is 4.30. The molecule has 106 valence electrons. The van der Waals surface area contributed by atoms with E-state index >= 15 is 0 Å². The van der Waals surface area contributed by atoms with Crippen molar-refractivity contribution in [3.63, 3.8) is 0 Å². The second kappa shape index (κ2) is 6.37. The Morgan fingerprint density at radius 2 is 2.05 bits per heavy atom. The summed E-state index contributed by atoms with van der Waals surface area (Å²) < 4.78 is 0. The van der Waals surface area contributed by atoms with Gasteiger partial charge in [0.2, 0.25) is 0 Å². The lowest BCUT2D eigenvalue weighted by Crippen LogP contribution is -2.19. The zero-order valence-electron chi connectivity index (χ0n) is 11.9. The summed E-state index contributed by atoms with van der Waals surface area (Å²) in [6.07, 6.45) is 4.65. The number of thiazole rings is 1. The monoisotopic (exact) mass is 287 g/mol. The molecule has 0 amide bonds. The topological polar surface area (TPSA) is 28.2 Å². The fourth-order valence-electron chi connectivity index (χ4n) is 2.68. The Labute approximate surface area is 124 Å². The number of hydrogen-bond donors (Lipinski definition) is 1. The van der Waals surface area contributed by atoms with Gasteiger partial charge in [0.1, 0.15) is 0 Å². The summed E-state index contributed by atoms with van der Waals surface area (Å²) in [5, 5.41) is 4.69. The minimum absolute atomic E-state index is 0.864. The van der Waals surface area contributed by atoms with Crippen molar-refractivity contribution in [2.24, 2.45) is 0 Å². The molecule has 1 aliphatic heterocycles. The lowest BCUT2D eigenvalue weighted by molar-refractivity contribution is 0.332. The molecule has 3 rings (SSSR count). The van der Waals surface area contributed by atoms with E-state index in [0.29, 0.717) is 0 Å².